The molecule has 2 aliphatic rings. The van der Waals surface area contributed by atoms with Gasteiger partial charge >= 0.3 is 0 Å². The summed E-state index contributed by atoms with van der Waals surface area (Å²) in [7, 11) is -3.54. The molecule has 8 heteroatoms. The highest BCUT2D eigenvalue weighted by Crippen LogP contribution is 2.52. The first-order valence-corrected chi connectivity index (χ1v) is 9.33. The fourth-order valence-corrected chi connectivity index (χ4v) is 5.60. The maximum atomic E-state index is 12.9. The number of nitrogens with zero attached hydrogens (tertiary/aromatic N) is 4. The third-order valence-electron chi connectivity index (χ3n) is 5.08. The molecule has 1 saturated carbocycles. The summed E-state index contributed by atoms with van der Waals surface area (Å²) in [5.41, 5.74) is 1.89. The maximum Gasteiger partial charge on any atom is 0.269 e. The van der Waals surface area contributed by atoms with E-state index in [1.54, 1.807) is 31.6 Å². The summed E-state index contributed by atoms with van der Waals surface area (Å²) in [4.78, 5) is 21.2. The minimum atomic E-state index is -3.54. The number of hydrogen-bond donors (Lipinski definition) is 0. The van der Waals surface area contributed by atoms with Gasteiger partial charge in [0, 0.05) is 30.3 Å². The lowest BCUT2D eigenvalue weighted by atomic mass is 10.2. The van der Waals surface area contributed by atoms with Gasteiger partial charge in [0.15, 0.2) is 5.82 Å². The Bertz CT molecular complexity index is 930. The van der Waals surface area contributed by atoms with E-state index < -0.39 is 20.7 Å². The summed E-state index contributed by atoms with van der Waals surface area (Å²) in [5.74, 6) is 0.163. The van der Waals surface area contributed by atoms with Crippen LogP contribution in [0.1, 0.15) is 41.0 Å². The smallest absolute Gasteiger partial charge is 0.269 e. The normalized spacial score (nSPS) is 20.5. The standard InChI is InChI=1S/C16H18N4O3S/c1-11-9-13(12(2)20(11)14-10-17-6-7-18-14)15(21)19-8-5-16(3-4-16)24(19,22)23/h6-7,9-10H,3-5,8H2,1-2H3. The van der Waals surface area contributed by atoms with Crippen LogP contribution in [-0.4, -0.2) is 44.5 Å². The molecule has 1 aliphatic carbocycles. The van der Waals surface area contributed by atoms with Crippen molar-refractivity contribution in [2.24, 2.45) is 0 Å². The number of rotatable bonds is 2. The van der Waals surface area contributed by atoms with Gasteiger partial charge < -0.3 is 4.57 Å². The van der Waals surface area contributed by atoms with Gasteiger partial charge in [0.1, 0.15) is 0 Å². The van der Waals surface area contributed by atoms with Gasteiger partial charge in [-0.15, -0.1) is 0 Å². The molecule has 0 unspecified atom stereocenters. The molecule has 2 fully saturated rings. The van der Waals surface area contributed by atoms with Crippen LogP contribution in [0.2, 0.25) is 0 Å². The summed E-state index contributed by atoms with van der Waals surface area (Å²) in [6, 6.07) is 1.72. The first-order chi connectivity index (χ1) is 11.4. The van der Waals surface area contributed by atoms with Crippen LogP contribution >= 0.6 is 0 Å². The third-order valence-corrected chi connectivity index (χ3v) is 7.72. The zero-order valence-corrected chi connectivity index (χ0v) is 14.4. The molecule has 0 aromatic carbocycles. The van der Waals surface area contributed by atoms with E-state index in [1.165, 1.54) is 0 Å². The van der Waals surface area contributed by atoms with Crippen LogP contribution in [0.4, 0.5) is 0 Å². The first kappa shape index (κ1) is 15.3. The molecule has 0 radical (unpaired) electrons. The molecule has 3 heterocycles. The van der Waals surface area contributed by atoms with E-state index in [9.17, 15) is 13.2 Å². The lowest BCUT2D eigenvalue weighted by Crippen LogP contribution is -2.35. The Kier molecular flexibility index (Phi) is 3.12. The van der Waals surface area contributed by atoms with E-state index in [2.05, 4.69) is 9.97 Å². The third kappa shape index (κ3) is 1.95. The summed E-state index contributed by atoms with van der Waals surface area (Å²) < 4.78 is 27.5. The van der Waals surface area contributed by atoms with Crippen molar-refractivity contribution in [1.82, 2.24) is 18.8 Å². The van der Waals surface area contributed by atoms with E-state index >= 15 is 0 Å². The number of aromatic nitrogens is 3. The molecule has 1 amide bonds. The summed E-state index contributed by atoms with van der Waals surface area (Å²) in [5, 5.41) is 0. The van der Waals surface area contributed by atoms with Crippen LogP contribution in [0.25, 0.3) is 5.82 Å². The van der Waals surface area contributed by atoms with Crippen LogP contribution in [0.3, 0.4) is 0 Å². The SMILES string of the molecule is Cc1cc(C(=O)N2CCC3(CC3)S2(=O)=O)c(C)n1-c1cnccn1. The minimum Gasteiger partial charge on any atom is -0.301 e. The van der Waals surface area contributed by atoms with Gasteiger partial charge in [-0.2, -0.15) is 0 Å². The molecular weight excluding hydrogens is 328 g/mol. The minimum absolute atomic E-state index is 0.274. The van der Waals surface area contributed by atoms with E-state index in [0.717, 1.165) is 10.00 Å². The lowest BCUT2D eigenvalue weighted by Gasteiger charge is -2.17. The fourth-order valence-electron chi connectivity index (χ4n) is 3.52. The highest BCUT2D eigenvalue weighted by atomic mass is 32.2. The Balaban J connectivity index is 1.75. The Morgan fingerprint density at radius 1 is 1.21 bits per heavy atom. The Morgan fingerprint density at radius 3 is 2.54 bits per heavy atom. The second-order valence-electron chi connectivity index (χ2n) is 6.50. The lowest BCUT2D eigenvalue weighted by molar-refractivity contribution is 0.0869. The Labute approximate surface area is 140 Å². The maximum absolute atomic E-state index is 12.9. The van der Waals surface area contributed by atoms with E-state index in [0.29, 0.717) is 36.3 Å². The Hall–Kier alpha value is -2.22. The van der Waals surface area contributed by atoms with Crippen molar-refractivity contribution in [2.45, 2.75) is 37.9 Å². The number of sulfonamides is 1. The van der Waals surface area contributed by atoms with Gasteiger partial charge in [0.25, 0.3) is 5.91 Å². The summed E-state index contributed by atoms with van der Waals surface area (Å²) in [6.07, 6.45) is 6.65. The van der Waals surface area contributed by atoms with Crippen molar-refractivity contribution in [3.05, 3.63) is 41.6 Å². The van der Waals surface area contributed by atoms with Gasteiger partial charge in [0.05, 0.1) is 16.5 Å². The molecule has 2 aromatic heterocycles. The summed E-state index contributed by atoms with van der Waals surface area (Å²) >= 11 is 0. The average Bonchev–Trinajstić information content (AvgIpc) is 3.23. The van der Waals surface area contributed by atoms with Gasteiger partial charge in [-0.3, -0.25) is 9.78 Å². The molecule has 7 nitrogen and oxygen atoms in total. The van der Waals surface area contributed by atoms with Crippen LogP contribution in [-0.2, 0) is 10.0 Å². The topological polar surface area (TPSA) is 85.2 Å². The molecule has 0 bridgehead atoms. The van der Waals surface area contributed by atoms with Crippen molar-refractivity contribution < 1.29 is 13.2 Å². The van der Waals surface area contributed by atoms with Crippen molar-refractivity contribution >= 4 is 15.9 Å². The number of carbonyl (C=O) groups excluding carboxylic acids is 1. The number of aryl methyl sites for hydroxylation is 1. The second-order valence-corrected chi connectivity index (χ2v) is 8.76. The number of carbonyl (C=O) groups is 1. The number of amides is 1. The molecule has 0 atom stereocenters. The predicted molar refractivity (Wildman–Crippen MR) is 87.4 cm³/mol. The Morgan fingerprint density at radius 2 is 1.96 bits per heavy atom. The molecule has 126 valence electrons. The van der Waals surface area contributed by atoms with Crippen molar-refractivity contribution in [1.29, 1.82) is 0 Å². The zero-order chi connectivity index (χ0) is 17.1. The highest BCUT2D eigenvalue weighted by Gasteiger charge is 2.62. The monoisotopic (exact) mass is 346 g/mol. The molecule has 1 saturated heterocycles. The summed E-state index contributed by atoms with van der Waals surface area (Å²) in [6.45, 7) is 3.93. The zero-order valence-electron chi connectivity index (χ0n) is 13.6. The predicted octanol–water partition coefficient (Wildman–Crippen LogP) is 1.59. The van der Waals surface area contributed by atoms with Crippen molar-refractivity contribution in [3.63, 3.8) is 0 Å². The van der Waals surface area contributed by atoms with Crippen molar-refractivity contribution in [2.75, 3.05) is 6.54 Å². The second kappa shape index (κ2) is 4.89. The van der Waals surface area contributed by atoms with Gasteiger partial charge in [-0.05, 0) is 39.2 Å². The van der Waals surface area contributed by atoms with Crippen LogP contribution < -0.4 is 0 Å². The largest absolute Gasteiger partial charge is 0.301 e. The van der Waals surface area contributed by atoms with E-state index in [1.807, 2.05) is 11.5 Å². The first-order valence-electron chi connectivity index (χ1n) is 7.89. The average molecular weight is 346 g/mol. The molecular formula is C16H18N4O3S. The van der Waals surface area contributed by atoms with Crippen LogP contribution in [0.5, 0.6) is 0 Å². The molecule has 0 N–H and O–H groups in total. The highest BCUT2D eigenvalue weighted by molar-refractivity contribution is 7.91. The van der Waals surface area contributed by atoms with E-state index in [4.69, 9.17) is 0 Å². The molecule has 1 aliphatic heterocycles. The molecule has 1 spiro atoms. The van der Waals surface area contributed by atoms with Gasteiger partial charge in [-0.1, -0.05) is 0 Å². The quantitative estimate of drug-likeness (QED) is 0.824. The van der Waals surface area contributed by atoms with Crippen LogP contribution in [0, 0.1) is 13.8 Å². The molecule has 2 aromatic rings. The van der Waals surface area contributed by atoms with Gasteiger partial charge in [-0.25, -0.2) is 17.7 Å². The number of hydrogen-bond acceptors (Lipinski definition) is 5. The fraction of sp³-hybridized carbons (Fsp3) is 0.438. The van der Waals surface area contributed by atoms with Crippen molar-refractivity contribution in [3.8, 4) is 5.82 Å². The van der Waals surface area contributed by atoms with E-state index in [-0.39, 0.29) is 6.54 Å². The molecule has 4 rings (SSSR count). The van der Waals surface area contributed by atoms with Crippen LogP contribution in [0.15, 0.2) is 24.7 Å². The van der Waals surface area contributed by atoms with Gasteiger partial charge in [0.2, 0.25) is 10.0 Å². The molecule has 24 heavy (non-hydrogen) atoms.